The Morgan fingerprint density at radius 1 is 1.15 bits per heavy atom. The van der Waals surface area contributed by atoms with Crippen LogP contribution in [-0.2, 0) is 6.42 Å². The van der Waals surface area contributed by atoms with E-state index in [9.17, 15) is 4.39 Å². The van der Waals surface area contributed by atoms with Crippen molar-refractivity contribution in [3.05, 3.63) is 29.6 Å². The smallest absolute Gasteiger partial charge is 0.165 e. The molecule has 3 rings (SSSR count). The third-order valence-corrected chi connectivity index (χ3v) is 4.59. The Bertz CT molecular complexity index is 439. The number of hydrogen-bond acceptors (Lipinski definition) is 2. The highest BCUT2D eigenvalue weighted by atomic mass is 19.1. The number of ether oxygens (including phenoxy) is 1. The summed E-state index contributed by atoms with van der Waals surface area (Å²) in [6.07, 6.45) is 8.41. The van der Waals surface area contributed by atoms with Crippen molar-refractivity contribution in [2.24, 2.45) is 5.92 Å². The topological polar surface area (TPSA) is 21.3 Å². The van der Waals surface area contributed by atoms with Gasteiger partial charge >= 0.3 is 0 Å². The van der Waals surface area contributed by atoms with E-state index < -0.39 is 0 Å². The summed E-state index contributed by atoms with van der Waals surface area (Å²) in [7, 11) is 0. The summed E-state index contributed by atoms with van der Waals surface area (Å²) in [5.41, 5.74) is 1.07. The van der Waals surface area contributed by atoms with Gasteiger partial charge in [0.2, 0.25) is 0 Å². The average Bonchev–Trinajstić information content (AvgIpc) is 2.40. The lowest BCUT2D eigenvalue weighted by atomic mass is 9.86. The second-order valence-corrected chi connectivity index (χ2v) is 6.22. The first-order valence-corrected chi connectivity index (χ1v) is 7.96. The Morgan fingerprint density at radius 2 is 2.05 bits per heavy atom. The van der Waals surface area contributed by atoms with E-state index in [1.807, 2.05) is 6.07 Å². The molecule has 0 spiro atoms. The highest BCUT2D eigenvalue weighted by molar-refractivity contribution is 5.30. The fourth-order valence-electron chi connectivity index (χ4n) is 3.04. The van der Waals surface area contributed by atoms with Crippen LogP contribution in [-0.4, -0.2) is 19.2 Å². The molecule has 0 bridgehead atoms. The van der Waals surface area contributed by atoms with Gasteiger partial charge in [-0.25, -0.2) is 4.39 Å². The molecule has 1 saturated heterocycles. The summed E-state index contributed by atoms with van der Waals surface area (Å²) in [6.45, 7) is 1.76. The quantitative estimate of drug-likeness (QED) is 0.886. The van der Waals surface area contributed by atoms with Gasteiger partial charge in [-0.05, 0) is 62.3 Å². The second kappa shape index (κ2) is 6.57. The molecule has 1 aliphatic carbocycles. The molecule has 2 aliphatic rings. The van der Waals surface area contributed by atoms with E-state index in [0.717, 1.165) is 18.5 Å². The van der Waals surface area contributed by atoms with Crippen LogP contribution in [0.15, 0.2) is 18.2 Å². The molecule has 1 saturated carbocycles. The molecule has 0 aromatic heterocycles. The van der Waals surface area contributed by atoms with Crippen LogP contribution in [0.5, 0.6) is 5.75 Å². The molecule has 0 amide bonds. The highest BCUT2D eigenvalue weighted by Gasteiger charge is 2.19. The summed E-state index contributed by atoms with van der Waals surface area (Å²) in [5, 5.41) is 3.50. The Labute approximate surface area is 120 Å². The van der Waals surface area contributed by atoms with Gasteiger partial charge in [0.05, 0.1) is 6.61 Å². The fourth-order valence-corrected chi connectivity index (χ4v) is 3.04. The predicted octanol–water partition coefficient (Wildman–Crippen LogP) is 3.69. The summed E-state index contributed by atoms with van der Waals surface area (Å²) in [5.74, 6) is 0.843. The monoisotopic (exact) mass is 277 g/mol. The van der Waals surface area contributed by atoms with Crippen LogP contribution < -0.4 is 10.1 Å². The Morgan fingerprint density at radius 3 is 2.70 bits per heavy atom. The number of piperidine rings is 1. The first-order valence-electron chi connectivity index (χ1n) is 7.96. The van der Waals surface area contributed by atoms with Gasteiger partial charge in [-0.15, -0.1) is 0 Å². The fraction of sp³-hybridized carbons (Fsp3) is 0.647. The van der Waals surface area contributed by atoms with E-state index in [1.54, 1.807) is 12.1 Å². The minimum Gasteiger partial charge on any atom is -0.490 e. The van der Waals surface area contributed by atoms with E-state index in [2.05, 4.69) is 5.32 Å². The minimum atomic E-state index is -0.211. The Balaban J connectivity index is 1.55. The number of nitrogens with one attached hydrogen (secondary N) is 1. The number of halogens is 1. The van der Waals surface area contributed by atoms with Crippen molar-refractivity contribution in [1.29, 1.82) is 0 Å². The van der Waals surface area contributed by atoms with Crippen LogP contribution in [0.25, 0.3) is 0 Å². The van der Waals surface area contributed by atoms with E-state index in [-0.39, 0.29) is 5.82 Å². The van der Waals surface area contributed by atoms with E-state index in [1.165, 1.54) is 38.5 Å². The molecule has 1 aromatic carbocycles. The largest absolute Gasteiger partial charge is 0.490 e. The predicted molar refractivity (Wildman–Crippen MR) is 78.6 cm³/mol. The van der Waals surface area contributed by atoms with Crippen molar-refractivity contribution >= 4 is 0 Å². The third-order valence-electron chi connectivity index (χ3n) is 4.59. The summed E-state index contributed by atoms with van der Waals surface area (Å²) >= 11 is 0. The molecule has 1 aromatic rings. The van der Waals surface area contributed by atoms with E-state index >= 15 is 0 Å². The maximum absolute atomic E-state index is 14.0. The third kappa shape index (κ3) is 3.51. The Kier molecular flexibility index (Phi) is 4.56. The van der Waals surface area contributed by atoms with Crippen molar-refractivity contribution in [3.8, 4) is 5.75 Å². The average molecular weight is 277 g/mol. The van der Waals surface area contributed by atoms with Crippen molar-refractivity contribution in [2.45, 2.75) is 51.0 Å². The summed E-state index contributed by atoms with van der Waals surface area (Å²) in [6, 6.07) is 5.96. The zero-order valence-corrected chi connectivity index (χ0v) is 12.0. The van der Waals surface area contributed by atoms with Crippen LogP contribution in [0.3, 0.4) is 0 Å². The van der Waals surface area contributed by atoms with Crippen LogP contribution >= 0.6 is 0 Å². The molecule has 1 atom stereocenters. The van der Waals surface area contributed by atoms with Gasteiger partial charge in [0.1, 0.15) is 0 Å². The van der Waals surface area contributed by atoms with Crippen molar-refractivity contribution in [2.75, 3.05) is 13.2 Å². The number of benzene rings is 1. The first kappa shape index (κ1) is 13.9. The lowest BCUT2D eigenvalue weighted by molar-refractivity contribution is 0.175. The van der Waals surface area contributed by atoms with Gasteiger partial charge in [-0.3, -0.25) is 0 Å². The Hall–Kier alpha value is -1.09. The lowest BCUT2D eigenvalue weighted by Gasteiger charge is -2.25. The lowest BCUT2D eigenvalue weighted by Crippen LogP contribution is -2.35. The maximum Gasteiger partial charge on any atom is 0.165 e. The molecule has 0 radical (unpaired) electrons. The summed E-state index contributed by atoms with van der Waals surface area (Å²) < 4.78 is 19.6. The molecule has 1 aliphatic heterocycles. The molecule has 1 unspecified atom stereocenters. The van der Waals surface area contributed by atoms with Crippen LogP contribution in [0.4, 0.5) is 4.39 Å². The molecule has 110 valence electrons. The van der Waals surface area contributed by atoms with Gasteiger partial charge in [0.15, 0.2) is 11.6 Å². The molecular weight excluding hydrogens is 253 g/mol. The normalized spacial score (nSPS) is 23.4. The zero-order chi connectivity index (χ0) is 13.8. The van der Waals surface area contributed by atoms with Crippen molar-refractivity contribution in [1.82, 2.24) is 5.32 Å². The first-order chi connectivity index (χ1) is 9.81. The minimum absolute atomic E-state index is 0.211. The van der Waals surface area contributed by atoms with Crippen molar-refractivity contribution < 1.29 is 9.13 Å². The zero-order valence-electron chi connectivity index (χ0n) is 12.0. The summed E-state index contributed by atoms with van der Waals surface area (Å²) in [4.78, 5) is 0. The van der Waals surface area contributed by atoms with Gasteiger partial charge in [0, 0.05) is 6.04 Å². The molecule has 3 heteroatoms. The molecule has 1 N–H and O–H groups in total. The standard InChI is InChI=1S/C17H24FNO/c18-16-11-14(10-15-6-1-2-9-19-15)7-8-17(16)20-12-13-4-3-5-13/h7-8,11,13,15,19H,1-6,9-10,12H2. The van der Waals surface area contributed by atoms with E-state index in [4.69, 9.17) is 4.74 Å². The van der Waals surface area contributed by atoms with Crippen LogP contribution in [0.1, 0.15) is 44.1 Å². The molecule has 2 fully saturated rings. The van der Waals surface area contributed by atoms with Gasteiger partial charge in [0.25, 0.3) is 0 Å². The van der Waals surface area contributed by atoms with Gasteiger partial charge in [-0.2, -0.15) is 0 Å². The number of hydrogen-bond donors (Lipinski definition) is 1. The molecule has 2 nitrogen and oxygen atoms in total. The number of rotatable bonds is 5. The van der Waals surface area contributed by atoms with Gasteiger partial charge < -0.3 is 10.1 Å². The van der Waals surface area contributed by atoms with E-state index in [0.29, 0.717) is 24.3 Å². The van der Waals surface area contributed by atoms with Crippen molar-refractivity contribution in [3.63, 3.8) is 0 Å². The molecule has 20 heavy (non-hydrogen) atoms. The van der Waals surface area contributed by atoms with Crippen LogP contribution in [0.2, 0.25) is 0 Å². The maximum atomic E-state index is 14.0. The van der Waals surface area contributed by atoms with Crippen LogP contribution in [0, 0.1) is 11.7 Å². The molecular formula is C17H24FNO. The molecule has 1 heterocycles. The van der Waals surface area contributed by atoms with Gasteiger partial charge in [-0.1, -0.05) is 18.9 Å². The highest BCUT2D eigenvalue weighted by Crippen LogP contribution is 2.28. The second-order valence-electron chi connectivity index (χ2n) is 6.22. The SMILES string of the molecule is Fc1cc(CC2CCCCN2)ccc1OCC1CCC1.